The van der Waals surface area contributed by atoms with Gasteiger partial charge in [0.1, 0.15) is 17.8 Å². The van der Waals surface area contributed by atoms with Crippen molar-refractivity contribution in [3.8, 4) is 5.75 Å². The van der Waals surface area contributed by atoms with E-state index in [1.54, 1.807) is 36.4 Å². The van der Waals surface area contributed by atoms with Gasteiger partial charge in [0.05, 0.1) is 17.5 Å². The summed E-state index contributed by atoms with van der Waals surface area (Å²) in [5.41, 5.74) is 1.10. The van der Waals surface area contributed by atoms with Gasteiger partial charge in [-0.3, -0.25) is 29.3 Å². The zero-order valence-electron chi connectivity index (χ0n) is 21.6. The average Bonchev–Trinajstić information content (AvgIpc) is 3.54. The summed E-state index contributed by atoms with van der Waals surface area (Å²) >= 11 is 3.34. The van der Waals surface area contributed by atoms with E-state index < -0.39 is 40.8 Å². The molecule has 2 N–H and O–H groups in total. The number of benzene rings is 3. The predicted molar refractivity (Wildman–Crippen MR) is 150 cm³/mol. The Kier molecular flexibility index (Phi) is 7.84. The van der Waals surface area contributed by atoms with Crippen LogP contribution in [-0.2, 0) is 16.0 Å². The highest BCUT2D eigenvalue weighted by Crippen LogP contribution is 2.32. The molecule has 3 amide bonds. The summed E-state index contributed by atoms with van der Waals surface area (Å²) in [6, 6.07) is 15.7. The van der Waals surface area contributed by atoms with Crippen LogP contribution >= 0.6 is 15.9 Å². The topological polar surface area (TPSA) is 150 Å². The molecule has 210 valence electrons. The number of phenolic OH excluding ortho intramolecular Hbond substituents is 1. The molecule has 41 heavy (non-hydrogen) atoms. The van der Waals surface area contributed by atoms with Crippen LogP contribution in [0.4, 0.5) is 5.69 Å². The largest absolute Gasteiger partial charge is 0.508 e. The molecule has 2 aliphatic heterocycles. The molecule has 2 saturated heterocycles. The summed E-state index contributed by atoms with van der Waals surface area (Å²) in [6.45, 7) is 0.0186. The first-order valence-corrected chi connectivity index (χ1v) is 13.6. The zero-order chi connectivity index (χ0) is 29.3. The maximum Gasteiger partial charge on any atom is 0.269 e. The van der Waals surface area contributed by atoms with Gasteiger partial charge in [0.2, 0.25) is 5.91 Å². The van der Waals surface area contributed by atoms with Crippen LogP contribution in [0, 0.1) is 10.1 Å². The fourth-order valence-corrected chi connectivity index (χ4v) is 5.77. The van der Waals surface area contributed by atoms with E-state index in [1.165, 1.54) is 46.2 Å². The van der Waals surface area contributed by atoms with E-state index in [0.29, 0.717) is 22.0 Å². The van der Waals surface area contributed by atoms with Gasteiger partial charge in [-0.25, -0.2) is 0 Å². The molecule has 2 fully saturated rings. The van der Waals surface area contributed by atoms with Gasteiger partial charge in [0.15, 0.2) is 5.78 Å². The minimum absolute atomic E-state index is 0.0616. The normalized spacial score (nSPS) is 18.6. The first-order chi connectivity index (χ1) is 19.6. The Bertz CT molecular complexity index is 1530. The fourth-order valence-electron chi connectivity index (χ4n) is 5.37. The number of aromatic hydroxyl groups is 1. The number of carbonyl (C=O) groups excluding carboxylic acids is 4. The zero-order valence-corrected chi connectivity index (χ0v) is 23.2. The fraction of sp³-hybridized carbons (Fsp3) is 0.241. The number of likely N-dealkylation sites (tertiary alicyclic amines) is 2. The van der Waals surface area contributed by atoms with Crippen molar-refractivity contribution in [2.45, 2.75) is 31.0 Å². The third-order valence-corrected chi connectivity index (χ3v) is 7.85. The van der Waals surface area contributed by atoms with Gasteiger partial charge in [-0.2, -0.15) is 0 Å². The highest BCUT2D eigenvalue weighted by atomic mass is 79.9. The standard InChI is InChI=1S/C29H25BrN4O7/c30-20-3-1-2-19(15-20)27(37)31-23(14-17-4-10-22(35)11-5-17)29(39)32-13-12-24-26(32)25(36)16-33(24)28(38)18-6-8-21(9-7-18)34(40)41/h1-11,15,23-24,26,35H,12-14,16H2,(H,31,37)/t23-,24+,26?/m0/s1. The number of nitro groups is 1. The molecule has 0 saturated carbocycles. The number of non-ortho nitro benzene ring substituents is 1. The molecular formula is C29H25BrN4O7. The molecule has 2 heterocycles. The second kappa shape index (κ2) is 11.5. The van der Waals surface area contributed by atoms with E-state index in [0.717, 1.165) is 0 Å². The number of fused-ring (bicyclic) bond motifs is 1. The number of nitrogens with zero attached hydrogens (tertiary/aromatic N) is 3. The van der Waals surface area contributed by atoms with Crippen LogP contribution in [-0.4, -0.2) is 74.5 Å². The summed E-state index contributed by atoms with van der Waals surface area (Å²) < 4.78 is 0.697. The smallest absolute Gasteiger partial charge is 0.269 e. The SMILES string of the molecule is O=C(N[C@@H](Cc1ccc(O)cc1)C(=O)N1CC[C@@H]2C1C(=O)CN2C(=O)c1ccc([N+](=O)[O-])cc1)c1cccc(Br)c1. The summed E-state index contributed by atoms with van der Waals surface area (Å²) in [4.78, 5) is 66.7. The number of Topliss-reactive ketones (excluding diaryl/α,β-unsaturated/α-hetero) is 1. The summed E-state index contributed by atoms with van der Waals surface area (Å²) in [5, 5.41) is 23.4. The van der Waals surface area contributed by atoms with Crippen molar-refractivity contribution in [2.24, 2.45) is 0 Å². The summed E-state index contributed by atoms with van der Waals surface area (Å²) in [5.74, 6) is -1.60. The lowest BCUT2D eigenvalue weighted by atomic mass is 10.0. The third kappa shape index (κ3) is 5.82. The first kappa shape index (κ1) is 28.0. The van der Waals surface area contributed by atoms with Crippen LogP contribution in [0.15, 0.2) is 77.3 Å². The Balaban J connectivity index is 1.37. The molecule has 11 nitrogen and oxygen atoms in total. The monoisotopic (exact) mass is 620 g/mol. The molecule has 2 aliphatic rings. The number of halogens is 1. The van der Waals surface area contributed by atoms with Gasteiger partial charge in [-0.15, -0.1) is 0 Å². The van der Waals surface area contributed by atoms with Gasteiger partial charge >= 0.3 is 0 Å². The van der Waals surface area contributed by atoms with Gasteiger partial charge in [0.25, 0.3) is 17.5 Å². The van der Waals surface area contributed by atoms with E-state index in [9.17, 15) is 34.4 Å². The van der Waals surface area contributed by atoms with E-state index in [2.05, 4.69) is 21.2 Å². The second-order valence-corrected chi connectivity index (χ2v) is 10.9. The van der Waals surface area contributed by atoms with Crippen molar-refractivity contribution in [3.63, 3.8) is 0 Å². The molecule has 5 rings (SSSR count). The molecular weight excluding hydrogens is 596 g/mol. The number of hydrogen-bond acceptors (Lipinski definition) is 7. The van der Waals surface area contributed by atoms with Crippen molar-refractivity contribution < 1.29 is 29.2 Å². The number of hydrogen-bond donors (Lipinski definition) is 2. The van der Waals surface area contributed by atoms with Crippen LogP contribution in [0.2, 0.25) is 0 Å². The van der Waals surface area contributed by atoms with E-state index in [1.807, 2.05) is 0 Å². The quantitative estimate of drug-likeness (QED) is 0.304. The average molecular weight is 621 g/mol. The minimum atomic E-state index is -1.02. The van der Waals surface area contributed by atoms with Crippen molar-refractivity contribution in [1.29, 1.82) is 0 Å². The molecule has 1 unspecified atom stereocenters. The van der Waals surface area contributed by atoms with Crippen molar-refractivity contribution >= 4 is 45.1 Å². The first-order valence-electron chi connectivity index (χ1n) is 12.9. The summed E-state index contributed by atoms with van der Waals surface area (Å²) in [7, 11) is 0. The van der Waals surface area contributed by atoms with Crippen LogP contribution in [0.5, 0.6) is 5.75 Å². The van der Waals surface area contributed by atoms with Crippen molar-refractivity contribution in [2.75, 3.05) is 13.1 Å². The van der Waals surface area contributed by atoms with Crippen molar-refractivity contribution in [3.05, 3.63) is 104 Å². The molecule has 0 spiro atoms. The number of nitro benzene ring substituents is 1. The van der Waals surface area contributed by atoms with Crippen LogP contribution in [0.25, 0.3) is 0 Å². The molecule has 3 aromatic carbocycles. The number of amides is 3. The van der Waals surface area contributed by atoms with Gasteiger partial charge < -0.3 is 20.2 Å². The number of nitrogens with one attached hydrogen (secondary N) is 1. The van der Waals surface area contributed by atoms with Gasteiger partial charge in [0, 0.05) is 40.7 Å². The van der Waals surface area contributed by atoms with Crippen LogP contribution in [0.3, 0.4) is 0 Å². The van der Waals surface area contributed by atoms with Crippen LogP contribution in [0.1, 0.15) is 32.7 Å². The second-order valence-electron chi connectivity index (χ2n) is 9.94. The molecule has 3 aromatic rings. The van der Waals surface area contributed by atoms with E-state index >= 15 is 0 Å². The maximum absolute atomic E-state index is 13.9. The van der Waals surface area contributed by atoms with Crippen molar-refractivity contribution in [1.82, 2.24) is 15.1 Å². The minimum Gasteiger partial charge on any atom is -0.508 e. The number of ketones is 1. The Hall–Kier alpha value is -4.58. The molecule has 0 radical (unpaired) electrons. The third-order valence-electron chi connectivity index (χ3n) is 7.36. The molecule has 0 bridgehead atoms. The number of carbonyl (C=O) groups is 4. The lowest BCUT2D eigenvalue weighted by molar-refractivity contribution is -0.384. The molecule has 0 aromatic heterocycles. The number of phenols is 1. The molecule has 3 atom stereocenters. The number of rotatable bonds is 7. The van der Waals surface area contributed by atoms with E-state index in [-0.39, 0.29) is 42.3 Å². The predicted octanol–water partition coefficient (Wildman–Crippen LogP) is 3.10. The highest BCUT2D eigenvalue weighted by molar-refractivity contribution is 9.10. The molecule has 0 aliphatic carbocycles. The lowest BCUT2D eigenvalue weighted by Crippen LogP contribution is -2.53. The van der Waals surface area contributed by atoms with Gasteiger partial charge in [-0.1, -0.05) is 34.1 Å². The van der Waals surface area contributed by atoms with Gasteiger partial charge in [-0.05, 0) is 54.4 Å². The Morgan fingerprint density at radius 3 is 2.39 bits per heavy atom. The Morgan fingerprint density at radius 2 is 1.73 bits per heavy atom. The molecule has 12 heteroatoms. The Labute approximate surface area is 243 Å². The lowest BCUT2D eigenvalue weighted by Gasteiger charge is -2.28. The van der Waals surface area contributed by atoms with E-state index in [4.69, 9.17) is 0 Å². The Morgan fingerprint density at radius 1 is 1.02 bits per heavy atom. The summed E-state index contributed by atoms with van der Waals surface area (Å²) in [6.07, 6.45) is 0.485. The highest BCUT2D eigenvalue weighted by Gasteiger charge is 2.52. The van der Waals surface area contributed by atoms with Crippen LogP contribution < -0.4 is 5.32 Å². The maximum atomic E-state index is 13.9.